The van der Waals surface area contributed by atoms with Crippen molar-refractivity contribution in [3.05, 3.63) is 12.2 Å². The third-order valence-electron chi connectivity index (χ3n) is 1.33. The number of carbonyl (C=O) groups excluding carboxylic acids is 2. The van der Waals surface area contributed by atoms with Crippen LogP contribution in [0.4, 0.5) is 0 Å². The molecule has 1 aliphatic rings. The van der Waals surface area contributed by atoms with Crippen LogP contribution < -0.4 is 24.8 Å². The van der Waals surface area contributed by atoms with Gasteiger partial charge in [-0.2, -0.15) is 0 Å². The number of rotatable bonds is 2. The van der Waals surface area contributed by atoms with Gasteiger partial charge in [0.15, 0.2) is 0 Å². The number of alkyl halides is 1. The van der Waals surface area contributed by atoms with Gasteiger partial charge in [0.1, 0.15) is 0 Å². The van der Waals surface area contributed by atoms with Crippen molar-refractivity contribution in [1.82, 2.24) is 4.90 Å². The summed E-state index contributed by atoms with van der Waals surface area (Å²) < 4.78 is 0.192. The fourth-order valence-electron chi connectivity index (χ4n) is 0.743. The molecule has 0 aromatic rings. The molecule has 1 aliphatic heterocycles. The van der Waals surface area contributed by atoms with Gasteiger partial charge >= 0.3 is 22.7 Å². The average Bonchev–Trinajstić information content (AvgIpc) is 2.47. The van der Waals surface area contributed by atoms with Crippen LogP contribution in [0.15, 0.2) is 12.2 Å². The van der Waals surface area contributed by atoms with E-state index in [4.69, 9.17) is 5.11 Å². The predicted octanol–water partition coefficient (Wildman–Crippen LogP) is -5.56. The average molecular weight is 441 g/mol. The molecule has 0 unspecified atom stereocenters. The van der Waals surface area contributed by atoms with Gasteiger partial charge in [0, 0.05) is 18.7 Å². The molecule has 1 N–H and O–H groups in total. The summed E-state index contributed by atoms with van der Waals surface area (Å²) in [6.45, 7) is 2.23. The number of imide groups is 1. The molecule has 0 aromatic heterocycles. The molecular weight excluding hydrogens is 431 g/mol. The van der Waals surface area contributed by atoms with E-state index in [1.807, 2.05) is 0 Å². The van der Waals surface area contributed by atoms with E-state index in [0.717, 1.165) is 0 Å². The second-order valence-electron chi connectivity index (χ2n) is 2.28. The first kappa shape index (κ1) is 25.9. The molecule has 101 valence electrons. The van der Waals surface area contributed by atoms with Crippen LogP contribution in [0.3, 0.4) is 0 Å². The molecule has 0 aliphatic carbocycles. The van der Waals surface area contributed by atoms with Crippen molar-refractivity contribution >= 4 is 40.4 Å². The summed E-state index contributed by atoms with van der Waals surface area (Å²) in [6.07, 6.45) is 2.57. The van der Waals surface area contributed by atoms with E-state index >= 15 is 0 Å². The van der Waals surface area contributed by atoms with Crippen LogP contribution in [0.1, 0.15) is 6.92 Å². The second kappa shape index (κ2) is 14.2. The number of likely N-dealkylation sites (N-methyl/N-ethyl adjacent to an activating group) is 1. The Hall–Kier alpha value is 0.166. The Bertz CT molecular complexity index is 271. The van der Waals surface area contributed by atoms with Crippen molar-refractivity contribution in [2.24, 2.45) is 0 Å². The Morgan fingerprint density at radius 1 is 1.29 bits per heavy atom. The topological polar surface area (TPSA) is 74.7 Å². The first-order chi connectivity index (χ1) is 6.52. The Kier molecular flexibility index (Phi) is 21.7. The minimum Gasteiger partial charge on any atom is -1.00 e. The quantitative estimate of drug-likeness (QED) is 0.264. The van der Waals surface area contributed by atoms with E-state index in [2.05, 4.69) is 0 Å². The van der Waals surface area contributed by atoms with Crippen molar-refractivity contribution in [2.75, 3.05) is 11.0 Å². The second-order valence-corrected chi connectivity index (χ2v) is 3.04. The Labute approximate surface area is 136 Å². The van der Waals surface area contributed by atoms with E-state index in [0.29, 0.717) is 6.54 Å². The van der Waals surface area contributed by atoms with Gasteiger partial charge in [0.05, 0.1) is 4.43 Å². The molecular formula is C8H10Cl2CoINO4. The van der Waals surface area contributed by atoms with Gasteiger partial charge in [0.25, 0.3) is 11.8 Å². The standard InChI is InChI=1S/C6H7NO2.C2H3IO2.2ClH.Co/c1-2-7-5(8)3-4-6(7)9;3-1-2(4)5;;;/h3-4H,2H2,1H3;1H2,(H,4,5);2*1H;/q;;;;+2/p-2. The summed E-state index contributed by atoms with van der Waals surface area (Å²) in [5, 5.41) is 7.71. The van der Waals surface area contributed by atoms with Crippen LogP contribution >= 0.6 is 22.6 Å². The molecule has 0 spiro atoms. The van der Waals surface area contributed by atoms with E-state index < -0.39 is 5.97 Å². The van der Waals surface area contributed by atoms with Crippen molar-refractivity contribution in [2.45, 2.75) is 6.92 Å². The Morgan fingerprint density at radius 2 is 1.59 bits per heavy atom. The first-order valence-electron chi connectivity index (χ1n) is 3.84. The maximum atomic E-state index is 10.6. The van der Waals surface area contributed by atoms with E-state index in [-0.39, 0.29) is 57.8 Å². The maximum absolute atomic E-state index is 10.6. The van der Waals surface area contributed by atoms with E-state index in [9.17, 15) is 14.4 Å². The number of carbonyl (C=O) groups is 3. The smallest absolute Gasteiger partial charge is 1.00 e. The SMILES string of the molecule is CCN1C(=O)C=CC1=O.O=C(O)CI.[Cl-].[Cl-].[Co+2]. The molecule has 1 heterocycles. The van der Waals surface area contributed by atoms with Gasteiger partial charge in [-0.15, -0.1) is 0 Å². The van der Waals surface area contributed by atoms with Crippen LogP contribution in [0.5, 0.6) is 0 Å². The van der Waals surface area contributed by atoms with E-state index in [1.54, 1.807) is 29.5 Å². The summed E-state index contributed by atoms with van der Waals surface area (Å²) >= 11 is 1.78. The van der Waals surface area contributed by atoms with Crippen molar-refractivity contribution in [3.63, 3.8) is 0 Å². The zero-order valence-corrected chi connectivity index (χ0v) is 13.4. The minimum atomic E-state index is -0.759. The van der Waals surface area contributed by atoms with Gasteiger partial charge < -0.3 is 29.9 Å². The van der Waals surface area contributed by atoms with Crippen molar-refractivity contribution < 1.29 is 61.1 Å². The molecule has 1 radical (unpaired) electrons. The number of hydrogen-bond donors (Lipinski definition) is 1. The van der Waals surface area contributed by atoms with Crippen LogP contribution in [0.25, 0.3) is 0 Å². The summed E-state index contributed by atoms with van der Waals surface area (Å²) in [5.74, 6) is -1.17. The van der Waals surface area contributed by atoms with Gasteiger partial charge in [-0.1, -0.05) is 22.6 Å². The first-order valence-corrected chi connectivity index (χ1v) is 5.36. The number of nitrogens with zero attached hydrogens (tertiary/aromatic N) is 1. The third-order valence-corrected chi connectivity index (χ3v) is 1.98. The largest absolute Gasteiger partial charge is 2.00 e. The fourth-order valence-corrected chi connectivity index (χ4v) is 0.743. The molecule has 0 atom stereocenters. The predicted molar refractivity (Wildman–Crippen MR) is 58.1 cm³/mol. The minimum absolute atomic E-state index is 0. The zero-order valence-electron chi connectivity index (χ0n) is 8.66. The molecule has 9 heteroatoms. The zero-order chi connectivity index (χ0) is 11.1. The van der Waals surface area contributed by atoms with Crippen LogP contribution in [-0.4, -0.2) is 38.8 Å². The monoisotopic (exact) mass is 440 g/mol. The summed E-state index contributed by atoms with van der Waals surface area (Å²) in [4.78, 5) is 31.8. The number of halogens is 3. The molecule has 0 fully saturated rings. The van der Waals surface area contributed by atoms with Gasteiger partial charge in [-0.05, 0) is 6.92 Å². The van der Waals surface area contributed by atoms with E-state index in [1.165, 1.54) is 17.1 Å². The van der Waals surface area contributed by atoms with Crippen LogP contribution in [-0.2, 0) is 31.2 Å². The number of carboxylic acid groups (broad SMARTS) is 1. The number of aliphatic carboxylic acids is 1. The fraction of sp³-hybridized carbons (Fsp3) is 0.375. The molecule has 0 aromatic carbocycles. The molecule has 2 amide bonds. The Morgan fingerprint density at radius 3 is 1.71 bits per heavy atom. The van der Waals surface area contributed by atoms with Crippen LogP contribution in [0.2, 0.25) is 0 Å². The third kappa shape index (κ3) is 11.0. The number of hydrogen-bond acceptors (Lipinski definition) is 3. The summed E-state index contributed by atoms with van der Waals surface area (Å²) in [6, 6.07) is 0. The van der Waals surface area contributed by atoms with Gasteiger partial charge in [-0.3, -0.25) is 19.3 Å². The molecule has 17 heavy (non-hydrogen) atoms. The van der Waals surface area contributed by atoms with Gasteiger partial charge in [-0.25, -0.2) is 0 Å². The molecule has 5 nitrogen and oxygen atoms in total. The Balaban J connectivity index is -0.0000000948. The molecule has 1 rings (SSSR count). The summed E-state index contributed by atoms with van der Waals surface area (Å²) in [7, 11) is 0. The van der Waals surface area contributed by atoms with Crippen molar-refractivity contribution in [1.29, 1.82) is 0 Å². The molecule has 0 saturated carbocycles. The maximum Gasteiger partial charge on any atom is 2.00 e. The molecule has 0 saturated heterocycles. The summed E-state index contributed by atoms with van der Waals surface area (Å²) in [5.41, 5.74) is 0. The van der Waals surface area contributed by atoms with Gasteiger partial charge in [0.2, 0.25) is 0 Å². The van der Waals surface area contributed by atoms with Crippen molar-refractivity contribution in [3.8, 4) is 0 Å². The normalized spacial score (nSPS) is 11.5. The number of carboxylic acids is 1. The molecule has 0 bridgehead atoms. The van der Waals surface area contributed by atoms with Crippen LogP contribution in [0, 0.1) is 0 Å². The number of amides is 2.